The van der Waals surface area contributed by atoms with Crippen LogP contribution in [0.3, 0.4) is 0 Å². The summed E-state index contributed by atoms with van der Waals surface area (Å²) in [6, 6.07) is 9.10. The number of rotatable bonds is 3. The molecule has 0 saturated heterocycles. The third kappa shape index (κ3) is 3.24. The molecule has 0 heterocycles. The van der Waals surface area contributed by atoms with Crippen molar-refractivity contribution in [2.45, 2.75) is 4.90 Å². The monoisotopic (exact) mass is 325 g/mol. The van der Waals surface area contributed by atoms with Crippen LogP contribution in [0.5, 0.6) is 0 Å². The SMILES string of the molecule is N#Cc1ccc(NS(=O)(=O)c2cc(N)ccc2F)c(Cl)c1. The summed E-state index contributed by atoms with van der Waals surface area (Å²) in [5.41, 5.74) is 5.89. The molecule has 0 amide bonds. The van der Waals surface area contributed by atoms with Crippen LogP contribution < -0.4 is 10.5 Å². The molecule has 0 aliphatic heterocycles. The number of nitrogens with two attached hydrogens (primary N) is 1. The van der Waals surface area contributed by atoms with Crippen molar-refractivity contribution in [2.24, 2.45) is 0 Å². The lowest BCUT2D eigenvalue weighted by molar-refractivity contribution is 0.570. The highest BCUT2D eigenvalue weighted by molar-refractivity contribution is 7.92. The number of nitrogens with one attached hydrogen (secondary N) is 1. The van der Waals surface area contributed by atoms with E-state index in [0.717, 1.165) is 12.1 Å². The zero-order valence-electron chi connectivity index (χ0n) is 10.5. The molecule has 0 saturated carbocycles. The summed E-state index contributed by atoms with van der Waals surface area (Å²) in [5, 5.41) is 8.75. The van der Waals surface area contributed by atoms with Crippen molar-refractivity contribution in [3.63, 3.8) is 0 Å². The van der Waals surface area contributed by atoms with E-state index in [1.54, 1.807) is 0 Å². The van der Waals surface area contributed by atoms with E-state index in [0.29, 0.717) is 0 Å². The number of sulfonamides is 1. The molecule has 108 valence electrons. The molecule has 3 N–H and O–H groups in total. The van der Waals surface area contributed by atoms with Gasteiger partial charge in [0.15, 0.2) is 0 Å². The molecule has 0 aromatic heterocycles. The maximum Gasteiger partial charge on any atom is 0.264 e. The molecule has 2 aromatic carbocycles. The Morgan fingerprint density at radius 2 is 1.95 bits per heavy atom. The Bertz CT molecular complexity index is 847. The molecule has 21 heavy (non-hydrogen) atoms. The summed E-state index contributed by atoms with van der Waals surface area (Å²) >= 11 is 5.88. The molecule has 5 nitrogen and oxygen atoms in total. The van der Waals surface area contributed by atoms with Crippen LogP contribution in [0.4, 0.5) is 15.8 Å². The van der Waals surface area contributed by atoms with Crippen LogP contribution in [0.2, 0.25) is 5.02 Å². The molecule has 0 unspecified atom stereocenters. The zero-order chi connectivity index (χ0) is 15.6. The second kappa shape index (κ2) is 5.60. The predicted octanol–water partition coefficient (Wildman–Crippen LogP) is 2.73. The lowest BCUT2D eigenvalue weighted by atomic mass is 10.2. The van der Waals surface area contributed by atoms with Gasteiger partial charge in [-0.25, -0.2) is 12.8 Å². The third-order valence-corrected chi connectivity index (χ3v) is 4.28. The van der Waals surface area contributed by atoms with E-state index in [1.165, 1.54) is 24.3 Å². The molecule has 2 rings (SSSR count). The van der Waals surface area contributed by atoms with Crippen molar-refractivity contribution >= 4 is 33.0 Å². The van der Waals surface area contributed by atoms with Crippen molar-refractivity contribution in [2.75, 3.05) is 10.5 Å². The Morgan fingerprint density at radius 1 is 1.24 bits per heavy atom. The molecule has 0 aliphatic rings. The van der Waals surface area contributed by atoms with Crippen LogP contribution in [0.25, 0.3) is 0 Å². The van der Waals surface area contributed by atoms with Gasteiger partial charge in [-0.1, -0.05) is 11.6 Å². The molecule has 0 bridgehead atoms. The number of hydrogen-bond acceptors (Lipinski definition) is 4. The Labute approximate surface area is 125 Å². The number of benzene rings is 2. The van der Waals surface area contributed by atoms with E-state index in [-0.39, 0.29) is 22.0 Å². The molecular formula is C13H9ClFN3O2S. The van der Waals surface area contributed by atoms with Crippen LogP contribution in [-0.2, 0) is 10.0 Å². The first-order chi connectivity index (χ1) is 9.83. The second-order valence-electron chi connectivity index (χ2n) is 4.10. The van der Waals surface area contributed by atoms with Crippen LogP contribution in [0.15, 0.2) is 41.3 Å². The molecule has 0 spiro atoms. The van der Waals surface area contributed by atoms with Crippen LogP contribution >= 0.6 is 11.6 Å². The highest BCUT2D eigenvalue weighted by atomic mass is 35.5. The van der Waals surface area contributed by atoms with E-state index >= 15 is 0 Å². The topological polar surface area (TPSA) is 96.0 Å². The van der Waals surface area contributed by atoms with Crippen molar-refractivity contribution in [3.8, 4) is 6.07 Å². The van der Waals surface area contributed by atoms with Gasteiger partial charge in [0.05, 0.1) is 22.3 Å². The van der Waals surface area contributed by atoms with Gasteiger partial charge in [0, 0.05) is 5.69 Å². The van der Waals surface area contributed by atoms with Gasteiger partial charge in [0.1, 0.15) is 10.7 Å². The van der Waals surface area contributed by atoms with Crippen molar-refractivity contribution in [1.29, 1.82) is 5.26 Å². The van der Waals surface area contributed by atoms with Gasteiger partial charge in [-0.15, -0.1) is 0 Å². The molecular weight excluding hydrogens is 317 g/mol. The minimum absolute atomic E-state index is 0.0296. The quantitative estimate of drug-likeness (QED) is 0.848. The highest BCUT2D eigenvalue weighted by Crippen LogP contribution is 2.27. The number of nitriles is 1. The van der Waals surface area contributed by atoms with Crippen molar-refractivity contribution < 1.29 is 12.8 Å². The first-order valence-corrected chi connectivity index (χ1v) is 7.47. The van der Waals surface area contributed by atoms with Crippen LogP contribution in [0.1, 0.15) is 5.56 Å². The van der Waals surface area contributed by atoms with Crippen molar-refractivity contribution in [1.82, 2.24) is 0 Å². The number of halogens is 2. The fraction of sp³-hybridized carbons (Fsp3) is 0. The zero-order valence-corrected chi connectivity index (χ0v) is 12.0. The molecule has 8 heteroatoms. The summed E-state index contributed by atoms with van der Waals surface area (Å²) in [6.07, 6.45) is 0. The molecule has 2 aromatic rings. The molecule has 0 radical (unpaired) electrons. The lowest BCUT2D eigenvalue weighted by Gasteiger charge is -2.11. The second-order valence-corrected chi connectivity index (χ2v) is 6.16. The number of anilines is 2. The summed E-state index contributed by atoms with van der Waals surface area (Å²) in [6.45, 7) is 0. The van der Waals surface area contributed by atoms with Crippen molar-refractivity contribution in [3.05, 3.63) is 52.8 Å². The maximum absolute atomic E-state index is 13.6. The fourth-order valence-corrected chi connectivity index (χ4v) is 3.07. The summed E-state index contributed by atoms with van der Waals surface area (Å²) < 4.78 is 40.1. The van der Waals surface area contributed by atoms with E-state index in [4.69, 9.17) is 22.6 Å². The minimum atomic E-state index is -4.18. The van der Waals surface area contributed by atoms with Gasteiger partial charge in [-0.2, -0.15) is 5.26 Å². The number of nitrogens with zero attached hydrogens (tertiary/aromatic N) is 1. The normalized spacial score (nSPS) is 10.9. The van der Waals surface area contributed by atoms with Gasteiger partial charge >= 0.3 is 0 Å². The van der Waals surface area contributed by atoms with Gasteiger partial charge in [0.25, 0.3) is 10.0 Å². The van der Waals surface area contributed by atoms with Gasteiger partial charge in [0.2, 0.25) is 0 Å². The van der Waals surface area contributed by atoms with Gasteiger partial charge in [-0.05, 0) is 36.4 Å². The first kappa shape index (κ1) is 15.1. The summed E-state index contributed by atoms with van der Waals surface area (Å²) in [4.78, 5) is -0.581. The Kier molecular flexibility index (Phi) is 4.02. The number of nitrogen functional groups attached to an aromatic ring is 1. The van der Waals surface area contributed by atoms with Gasteiger partial charge < -0.3 is 5.73 Å². The fourth-order valence-electron chi connectivity index (χ4n) is 1.59. The van der Waals surface area contributed by atoms with E-state index in [1.807, 2.05) is 6.07 Å². The minimum Gasteiger partial charge on any atom is -0.399 e. The van der Waals surface area contributed by atoms with Gasteiger partial charge in [-0.3, -0.25) is 4.72 Å². The Morgan fingerprint density at radius 3 is 2.57 bits per heavy atom. The smallest absolute Gasteiger partial charge is 0.264 e. The largest absolute Gasteiger partial charge is 0.399 e. The van der Waals surface area contributed by atoms with Crippen LogP contribution in [0, 0.1) is 17.1 Å². The maximum atomic E-state index is 13.6. The summed E-state index contributed by atoms with van der Waals surface area (Å²) in [7, 11) is -4.18. The van der Waals surface area contributed by atoms with E-state index in [2.05, 4.69) is 4.72 Å². The molecule has 0 aliphatic carbocycles. The Balaban J connectivity index is 2.43. The average Bonchev–Trinajstić information content (AvgIpc) is 2.43. The molecule has 0 atom stereocenters. The summed E-state index contributed by atoms with van der Waals surface area (Å²) in [5.74, 6) is -0.929. The van der Waals surface area contributed by atoms with E-state index < -0.39 is 20.7 Å². The highest BCUT2D eigenvalue weighted by Gasteiger charge is 2.20. The standard InChI is InChI=1S/C13H9ClFN3O2S/c14-10-5-8(7-16)1-4-12(10)18-21(19,20)13-6-9(17)2-3-11(13)15/h1-6,18H,17H2. The average molecular weight is 326 g/mol. The number of hydrogen-bond donors (Lipinski definition) is 2. The Hall–Kier alpha value is -2.30. The lowest BCUT2D eigenvalue weighted by Crippen LogP contribution is -2.15. The van der Waals surface area contributed by atoms with E-state index in [9.17, 15) is 12.8 Å². The predicted molar refractivity (Wildman–Crippen MR) is 77.8 cm³/mol. The third-order valence-electron chi connectivity index (χ3n) is 2.59. The first-order valence-electron chi connectivity index (χ1n) is 5.61. The molecule has 0 fully saturated rings. The van der Waals surface area contributed by atoms with Crippen LogP contribution in [-0.4, -0.2) is 8.42 Å².